The number of ether oxygens (including phenoxy) is 1. The van der Waals surface area contributed by atoms with Crippen LogP contribution < -0.4 is 5.73 Å². The highest BCUT2D eigenvalue weighted by Crippen LogP contribution is 2.14. The van der Waals surface area contributed by atoms with E-state index in [1.54, 1.807) is 0 Å². The molecule has 0 aromatic rings. The maximum atomic E-state index is 5.63. The Morgan fingerprint density at radius 2 is 1.83 bits per heavy atom. The summed E-state index contributed by atoms with van der Waals surface area (Å²) in [6, 6.07) is 0.536. The molecule has 1 atom stereocenters. The van der Waals surface area contributed by atoms with Gasteiger partial charge in [0, 0.05) is 6.04 Å². The Hall–Kier alpha value is 0.210. The Balaban J connectivity index is 0.000000127. The molecule has 0 aromatic carbocycles. The standard InChI is InChI=1S/C6H13N.C3H5ClO/c7-6-4-2-1-3-5-6;4-1-3-2-5-3/h6H,1-5,7H2;3H,1-2H2. The lowest BCUT2D eigenvalue weighted by molar-refractivity contribution is 0.425. The van der Waals surface area contributed by atoms with Gasteiger partial charge in [0.15, 0.2) is 0 Å². The second-order valence-corrected chi connectivity index (χ2v) is 3.82. The van der Waals surface area contributed by atoms with Gasteiger partial charge in [-0.15, -0.1) is 11.6 Å². The van der Waals surface area contributed by atoms with Crippen molar-refractivity contribution in [2.75, 3.05) is 12.5 Å². The number of alkyl halides is 1. The molecule has 2 nitrogen and oxygen atoms in total. The molecular formula is C9H18ClNO. The van der Waals surface area contributed by atoms with Gasteiger partial charge in [-0.25, -0.2) is 0 Å². The van der Waals surface area contributed by atoms with E-state index in [0.717, 1.165) is 6.61 Å². The van der Waals surface area contributed by atoms with Gasteiger partial charge in [-0.1, -0.05) is 19.3 Å². The van der Waals surface area contributed by atoms with Gasteiger partial charge in [0.05, 0.1) is 18.6 Å². The Bertz CT molecular complexity index is 111. The summed E-state index contributed by atoms with van der Waals surface area (Å²) in [5, 5.41) is 0. The molecule has 2 aliphatic rings. The van der Waals surface area contributed by atoms with Crippen LogP contribution in [0.2, 0.25) is 0 Å². The predicted octanol–water partition coefficient (Wildman–Crippen LogP) is 1.90. The summed E-state index contributed by atoms with van der Waals surface area (Å²) < 4.78 is 4.73. The fourth-order valence-electron chi connectivity index (χ4n) is 1.29. The molecule has 1 saturated heterocycles. The quantitative estimate of drug-likeness (QED) is 0.508. The average molecular weight is 192 g/mol. The number of hydrogen-bond acceptors (Lipinski definition) is 2. The summed E-state index contributed by atoms with van der Waals surface area (Å²) in [6.07, 6.45) is 7.06. The first-order valence-corrected chi connectivity index (χ1v) is 5.29. The van der Waals surface area contributed by atoms with Gasteiger partial charge >= 0.3 is 0 Å². The molecule has 0 spiro atoms. The molecular weight excluding hydrogens is 174 g/mol. The molecule has 0 bridgehead atoms. The minimum absolute atomic E-state index is 0.400. The van der Waals surface area contributed by atoms with E-state index in [4.69, 9.17) is 22.1 Å². The van der Waals surface area contributed by atoms with Crippen LogP contribution in [0.25, 0.3) is 0 Å². The van der Waals surface area contributed by atoms with E-state index in [0.29, 0.717) is 18.0 Å². The van der Waals surface area contributed by atoms with Crippen molar-refractivity contribution in [2.24, 2.45) is 5.73 Å². The molecule has 12 heavy (non-hydrogen) atoms. The van der Waals surface area contributed by atoms with Crippen molar-refractivity contribution in [3.05, 3.63) is 0 Å². The van der Waals surface area contributed by atoms with Crippen molar-refractivity contribution in [3.63, 3.8) is 0 Å². The van der Waals surface area contributed by atoms with E-state index in [2.05, 4.69) is 0 Å². The highest BCUT2D eigenvalue weighted by molar-refractivity contribution is 6.18. The highest BCUT2D eigenvalue weighted by atomic mass is 35.5. The van der Waals surface area contributed by atoms with Crippen LogP contribution in [-0.4, -0.2) is 24.6 Å². The van der Waals surface area contributed by atoms with E-state index in [1.165, 1.54) is 32.1 Å². The van der Waals surface area contributed by atoms with E-state index >= 15 is 0 Å². The fraction of sp³-hybridized carbons (Fsp3) is 1.00. The fourth-order valence-corrected chi connectivity index (χ4v) is 1.47. The number of nitrogens with two attached hydrogens (primary N) is 1. The first kappa shape index (κ1) is 10.3. The van der Waals surface area contributed by atoms with Crippen LogP contribution in [0, 0.1) is 0 Å². The molecule has 0 radical (unpaired) electrons. The SMILES string of the molecule is ClCC1CO1.NC1CCCCC1. The van der Waals surface area contributed by atoms with Crippen molar-refractivity contribution in [1.29, 1.82) is 0 Å². The van der Waals surface area contributed by atoms with Crippen LogP contribution in [0.4, 0.5) is 0 Å². The molecule has 72 valence electrons. The normalized spacial score (nSPS) is 29.0. The van der Waals surface area contributed by atoms with Gasteiger partial charge in [0.1, 0.15) is 0 Å². The smallest absolute Gasteiger partial charge is 0.0944 e. The maximum Gasteiger partial charge on any atom is 0.0944 e. The van der Waals surface area contributed by atoms with E-state index < -0.39 is 0 Å². The van der Waals surface area contributed by atoms with Gasteiger partial charge < -0.3 is 10.5 Å². The Labute approximate surface area is 79.4 Å². The van der Waals surface area contributed by atoms with Crippen LogP contribution >= 0.6 is 11.6 Å². The topological polar surface area (TPSA) is 38.5 Å². The lowest BCUT2D eigenvalue weighted by Crippen LogP contribution is -2.22. The minimum atomic E-state index is 0.400. The molecule has 2 N–H and O–H groups in total. The van der Waals surface area contributed by atoms with Crippen LogP contribution in [-0.2, 0) is 4.74 Å². The van der Waals surface area contributed by atoms with Crippen molar-refractivity contribution in [1.82, 2.24) is 0 Å². The lowest BCUT2D eigenvalue weighted by Gasteiger charge is -2.15. The number of epoxide rings is 1. The molecule has 1 aliphatic carbocycles. The molecule has 1 saturated carbocycles. The monoisotopic (exact) mass is 191 g/mol. The maximum absolute atomic E-state index is 5.63. The zero-order valence-electron chi connectivity index (χ0n) is 7.47. The second kappa shape index (κ2) is 5.79. The Morgan fingerprint density at radius 1 is 1.25 bits per heavy atom. The predicted molar refractivity (Wildman–Crippen MR) is 51.5 cm³/mol. The van der Waals surface area contributed by atoms with Gasteiger partial charge in [-0.3, -0.25) is 0 Å². The summed E-state index contributed by atoms with van der Waals surface area (Å²) in [6.45, 7) is 0.878. The van der Waals surface area contributed by atoms with Crippen LogP contribution in [0.5, 0.6) is 0 Å². The van der Waals surface area contributed by atoms with Crippen molar-refractivity contribution < 1.29 is 4.74 Å². The minimum Gasteiger partial charge on any atom is -0.372 e. The molecule has 1 aliphatic heterocycles. The number of rotatable bonds is 1. The second-order valence-electron chi connectivity index (χ2n) is 3.51. The molecule has 1 unspecified atom stereocenters. The largest absolute Gasteiger partial charge is 0.372 e. The molecule has 1 heterocycles. The molecule has 2 fully saturated rings. The lowest BCUT2D eigenvalue weighted by atomic mass is 9.97. The van der Waals surface area contributed by atoms with Crippen LogP contribution in [0.3, 0.4) is 0 Å². The number of halogens is 1. The zero-order chi connectivity index (χ0) is 8.81. The molecule has 3 heteroatoms. The van der Waals surface area contributed by atoms with E-state index in [1.807, 2.05) is 0 Å². The summed E-state index contributed by atoms with van der Waals surface area (Å²) in [7, 11) is 0. The molecule has 0 aromatic heterocycles. The van der Waals surface area contributed by atoms with Crippen molar-refractivity contribution >= 4 is 11.6 Å². The summed E-state index contributed by atoms with van der Waals surface area (Å²) in [5.41, 5.74) is 5.63. The molecule has 0 amide bonds. The first-order chi connectivity index (χ1) is 5.83. The summed E-state index contributed by atoms with van der Waals surface area (Å²) in [4.78, 5) is 0. The van der Waals surface area contributed by atoms with E-state index in [9.17, 15) is 0 Å². The average Bonchev–Trinajstić information content (AvgIpc) is 2.89. The molecule has 2 rings (SSSR count). The van der Waals surface area contributed by atoms with E-state index in [-0.39, 0.29) is 0 Å². The van der Waals surface area contributed by atoms with Crippen LogP contribution in [0.1, 0.15) is 32.1 Å². The number of hydrogen-bond donors (Lipinski definition) is 1. The highest BCUT2D eigenvalue weighted by Gasteiger charge is 2.19. The summed E-state index contributed by atoms with van der Waals surface area (Å²) >= 11 is 5.27. The van der Waals surface area contributed by atoms with Crippen molar-refractivity contribution in [2.45, 2.75) is 44.2 Å². The van der Waals surface area contributed by atoms with Gasteiger partial charge in [0.2, 0.25) is 0 Å². The summed E-state index contributed by atoms with van der Waals surface area (Å²) in [5.74, 6) is 0.667. The van der Waals surface area contributed by atoms with Gasteiger partial charge in [-0.05, 0) is 12.8 Å². The Kier molecular flexibility index (Phi) is 4.96. The zero-order valence-corrected chi connectivity index (χ0v) is 8.22. The third kappa shape index (κ3) is 4.96. The Morgan fingerprint density at radius 3 is 2.00 bits per heavy atom. The van der Waals surface area contributed by atoms with Crippen molar-refractivity contribution in [3.8, 4) is 0 Å². The van der Waals surface area contributed by atoms with Gasteiger partial charge in [0.25, 0.3) is 0 Å². The third-order valence-corrected chi connectivity index (χ3v) is 2.57. The third-order valence-electron chi connectivity index (χ3n) is 2.22. The van der Waals surface area contributed by atoms with Gasteiger partial charge in [-0.2, -0.15) is 0 Å². The van der Waals surface area contributed by atoms with Crippen LogP contribution in [0.15, 0.2) is 0 Å². The first-order valence-electron chi connectivity index (χ1n) is 4.76.